The van der Waals surface area contributed by atoms with Gasteiger partial charge in [0.25, 0.3) is 0 Å². The van der Waals surface area contributed by atoms with Gasteiger partial charge in [-0.1, -0.05) is 12.1 Å². The van der Waals surface area contributed by atoms with Crippen LogP contribution in [0.3, 0.4) is 0 Å². The number of hydrogen-bond donors (Lipinski definition) is 1. The predicted octanol–water partition coefficient (Wildman–Crippen LogP) is 2.35. The molecular weight excluding hydrogens is 493 g/mol. The lowest BCUT2D eigenvalue weighted by atomic mass is 10.2. The van der Waals surface area contributed by atoms with Crippen molar-refractivity contribution in [1.29, 1.82) is 0 Å². The van der Waals surface area contributed by atoms with Gasteiger partial charge in [0.05, 0.1) is 0 Å². The van der Waals surface area contributed by atoms with E-state index in [2.05, 4.69) is 56.5 Å². The molecule has 0 atom stereocenters. The van der Waals surface area contributed by atoms with Gasteiger partial charge in [0, 0.05) is 59.2 Å². The molecule has 1 aliphatic heterocycles. The van der Waals surface area contributed by atoms with Crippen molar-refractivity contribution in [2.75, 3.05) is 51.3 Å². The standard InChI is InChI=1S/C21H33N7O.HI/c1-17-7-5-8-19(15-17)27-10-12-28(13-11-27)21(22-9-6-14-29-4)23-16-20-25-24-18(2)26(20)3;/h5,7-8,15H,6,9-14,16H2,1-4H3,(H,22,23);1H. The highest BCUT2D eigenvalue weighted by atomic mass is 127. The first-order valence-electron chi connectivity index (χ1n) is 10.3. The number of halogens is 1. The fourth-order valence-electron chi connectivity index (χ4n) is 3.42. The summed E-state index contributed by atoms with van der Waals surface area (Å²) in [7, 11) is 3.71. The molecule has 0 amide bonds. The molecule has 0 spiro atoms. The van der Waals surface area contributed by atoms with Gasteiger partial charge in [-0.3, -0.25) is 0 Å². The molecule has 1 N–H and O–H groups in total. The first-order chi connectivity index (χ1) is 14.1. The number of aromatic nitrogens is 3. The van der Waals surface area contributed by atoms with E-state index in [1.165, 1.54) is 11.3 Å². The summed E-state index contributed by atoms with van der Waals surface area (Å²) in [5.74, 6) is 2.71. The van der Waals surface area contributed by atoms with Crippen LogP contribution < -0.4 is 10.2 Å². The summed E-state index contributed by atoms with van der Waals surface area (Å²) in [6.45, 7) is 10.0. The summed E-state index contributed by atoms with van der Waals surface area (Å²) >= 11 is 0. The van der Waals surface area contributed by atoms with Crippen molar-refractivity contribution in [2.24, 2.45) is 12.0 Å². The minimum absolute atomic E-state index is 0. The average molecular weight is 527 g/mol. The fourth-order valence-corrected chi connectivity index (χ4v) is 3.42. The molecule has 166 valence electrons. The Hall–Kier alpha value is -1.88. The Balaban J connectivity index is 0.00000320. The second-order valence-corrected chi connectivity index (χ2v) is 7.45. The number of nitrogens with one attached hydrogen (secondary N) is 1. The Morgan fingerprint density at radius 3 is 2.57 bits per heavy atom. The van der Waals surface area contributed by atoms with Crippen LogP contribution in [0, 0.1) is 13.8 Å². The van der Waals surface area contributed by atoms with Crippen LogP contribution in [0.5, 0.6) is 0 Å². The van der Waals surface area contributed by atoms with Crippen molar-refractivity contribution in [3.05, 3.63) is 41.5 Å². The van der Waals surface area contributed by atoms with E-state index in [1.54, 1.807) is 7.11 Å². The van der Waals surface area contributed by atoms with E-state index in [0.29, 0.717) is 6.54 Å². The zero-order valence-corrected chi connectivity index (χ0v) is 20.8. The molecule has 2 aromatic rings. The van der Waals surface area contributed by atoms with Gasteiger partial charge in [-0.25, -0.2) is 4.99 Å². The number of nitrogens with zero attached hydrogens (tertiary/aromatic N) is 6. The molecule has 1 fully saturated rings. The van der Waals surface area contributed by atoms with Gasteiger partial charge >= 0.3 is 0 Å². The van der Waals surface area contributed by atoms with Gasteiger partial charge in [-0.05, 0) is 38.0 Å². The van der Waals surface area contributed by atoms with Crippen LogP contribution in [0.1, 0.15) is 23.6 Å². The number of aliphatic imine (C=N–C) groups is 1. The SMILES string of the molecule is COCCCNC(=NCc1nnc(C)n1C)N1CCN(c2cccc(C)c2)CC1.I. The van der Waals surface area contributed by atoms with Gasteiger partial charge in [-0.15, -0.1) is 34.2 Å². The molecule has 9 heteroatoms. The van der Waals surface area contributed by atoms with Gasteiger partial charge in [-0.2, -0.15) is 0 Å². The molecule has 0 radical (unpaired) electrons. The normalized spacial score (nSPS) is 14.6. The first-order valence-corrected chi connectivity index (χ1v) is 10.3. The second kappa shape index (κ2) is 12.1. The monoisotopic (exact) mass is 527 g/mol. The molecule has 2 heterocycles. The Labute approximate surface area is 196 Å². The van der Waals surface area contributed by atoms with E-state index in [4.69, 9.17) is 9.73 Å². The van der Waals surface area contributed by atoms with E-state index in [0.717, 1.165) is 63.4 Å². The Morgan fingerprint density at radius 2 is 1.93 bits per heavy atom. The van der Waals surface area contributed by atoms with Crippen LogP contribution in [0.2, 0.25) is 0 Å². The van der Waals surface area contributed by atoms with Crippen molar-refractivity contribution in [3.63, 3.8) is 0 Å². The Bertz CT molecular complexity index is 815. The molecule has 0 saturated carbocycles. The van der Waals surface area contributed by atoms with Crippen molar-refractivity contribution in [2.45, 2.75) is 26.8 Å². The molecule has 1 aliphatic rings. The number of benzene rings is 1. The quantitative estimate of drug-likeness (QED) is 0.258. The lowest BCUT2D eigenvalue weighted by Gasteiger charge is -2.38. The molecule has 0 bridgehead atoms. The van der Waals surface area contributed by atoms with Crippen LogP contribution >= 0.6 is 24.0 Å². The first kappa shape index (κ1) is 24.4. The highest BCUT2D eigenvalue weighted by Crippen LogP contribution is 2.18. The molecule has 0 unspecified atom stereocenters. The highest BCUT2D eigenvalue weighted by molar-refractivity contribution is 14.0. The van der Waals surface area contributed by atoms with Crippen molar-refractivity contribution in [1.82, 2.24) is 25.0 Å². The third-order valence-corrected chi connectivity index (χ3v) is 5.31. The number of guanidine groups is 1. The number of aryl methyl sites for hydroxylation is 2. The van der Waals surface area contributed by atoms with Gasteiger partial charge < -0.3 is 24.4 Å². The Kier molecular flexibility index (Phi) is 9.83. The topological polar surface area (TPSA) is 70.8 Å². The summed E-state index contributed by atoms with van der Waals surface area (Å²) in [4.78, 5) is 9.63. The van der Waals surface area contributed by atoms with Crippen molar-refractivity contribution in [3.8, 4) is 0 Å². The number of hydrogen-bond acceptors (Lipinski definition) is 5. The van der Waals surface area contributed by atoms with E-state index in [1.807, 2.05) is 18.5 Å². The number of piperazine rings is 1. The van der Waals surface area contributed by atoms with E-state index < -0.39 is 0 Å². The van der Waals surface area contributed by atoms with Gasteiger partial charge in [0.1, 0.15) is 12.4 Å². The number of anilines is 1. The maximum atomic E-state index is 5.17. The molecule has 30 heavy (non-hydrogen) atoms. The van der Waals surface area contributed by atoms with E-state index >= 15 is 0 Å². The second-order valence-electron chi connectivity index (χ2n) is 7.45. The zero-order valence-electron chi connectivity index (χ0n) is 18.5. The minimum Gasteiger partial charge on any atom is -0.385 e. The Morgan fingerprint density at radius 1 is 1.17 bits per heavy atom. The molecule has 0 aliphatic carbocycles. The largest absolute Gasteiger partial charge is 0.385 e. The lowest BCUT2D eigenvalue weighted by Crippen LogP contribution is -2.52. The van der Waals surface area contributed by atoms with Crippen molar-refractivity contribution >= 4 is 35.6 Å². The van der Waals surface area contributed by atoms with Crippen LogP contribution in [0.25, 0.3) is 0 Å². The van der Waals surface area contributed by atoms with E-state index in [9.17, 15) is 0 Å². The molecule has 1 aromatic carbocycles. The summed E-state index contributed by atoms with van der Waals surface area (Å²) in [6.07, 6.45) is 0.946. The third-order valence-electron chi connectivity index (χ3n) is 5.31. The van der Waals surface area contributed by atoms with Crippen LogP contribution in [-0.2, 0) is 18.3 Å². The summed E-state index contributed by atoms with van der Waals surface area (Å²) in [6, 6.07) is 8.72. The minimum atomic E-state index is 0. The van der Waals surface area contributed by atoms with Crippen LogP contribution in [0.15, 0.2) is 29.3 Å². The lowest BCUT2D eigenvalue weighted by molar-refractivity contribution is 0.195. The average Bonchev–Trinajstić information content (AvgIpc) is 3.05. The predicted molar refractivity (Wildman–Crippen MR) is 132 cm³/mol. The third kappa shape index (κ3) is 6.56. The maximum Gasteiger partial charge on any atom is 0.194 e. The van der Waals surface area contributed by atoms with E-state index in [-0.39, 0.29) is 24.0 Å². The number of methoxy groups -OCH3 is 1. The molecule has 8 nitrogen and oxygen atoms in total. The summed E-state index contributed by atoms with van der Waals surface area (Å²) < 4.78 is 7.16. The van der Waals surface area contributed by atoms with Crippen LogP contribution in [0.4, 0.5) is 5.69 Å². The van der Waals surface area contributed by atoms with Crippen LogP contribution in [-0.4, -0.2) is 72.1 Å². The van der Waals surface area contributed by atoms with Crippen molar-refractivity contribution < 1.29 is 4.74 Å². The molecule has 1 saturated heterocycles. The number of rotatable bonds is 7. The number of ether oxygens (including phenoxy) is 1. The van der Waals surface area contributed by atoms with Gasteiger partial charge in [0.2, 0.25) is 0 Å². The fraction of sp³-hybridized carbons (Fsp3) is 0.571. The zero-order chi connectivity index (χ0) is 20.6. The molecular formula is C21H34IN7O. The van der Waals surface area contributed by atoms with Gasteiger partial charge in [0.15, 0.2) is 11.8 Å². The molecule has 1 aromatic heterocycles. The summed E-state index contributed by atoms with van der Waals surface area (Å²) in [5.41, 5.74) is 2.59. The molecule has 3 rings (SSSR count). The maximum absolute atomic E-state index is 5.17. The highest BCUT2D eigenvalue weighted by Gasteiger charge is 2.20. The summed E-state index contributed by atoms with van der Waals surface area (Å²) in [5, 5.41) is 11.9. The smallest absolute Gasteiger partial charge is 0.194 e.